The SMILES string of the molecule is CC(CC(=O)NC[C@@H]1CC[C@H]1CN1C[C@@]2(CCCc3cc(Cl)ccc32)COc2ccc(C(=O)O)cc21)C(C)S(N)(=O)=O. The third-order valence-electron chi connectivity index (χ3n) is 9.70. The van der Waals surface area contributed by atoms with Gasteiger partial charge in [0.2, 0.25) is 15.9 Å². The number of carbonyl (C=O) groups is 2. The summed E-state index contributed by atoms with van der Waals surface area (Å²) in [6, 6.07) is 11.2. The normalized spacial score (nSPS) is 24.8. The van der Waals surface area contributed by atoms with Gasteiger partial charge in [0.1, 0.15) is 5.75 Å². The molecule has 2 unspecified atom stereocenters. The van der Waals surface area contributed by atoms with Crippen LogP contribution in [0, 0.1) is 17.8 Å². The minimum absolute atomic E-state index is 0.0930. The number of hydrogen-bond donors (Lipinski definition) is 3. The number of ether oxygens (including phenoxy) is 1. The summed E-state index contributed by atoms with van der Waals surface area (Å²) >= 11 is 6.35. The number of hydrogen-bond acceptors (Lipinski definition) is 6. The topological polar surface area (TPSA) is 139 Å². The van der Waals surface area contributed by atoms with Crippen molar-refractivity contribution >= 4 is 39.2 Å². The molecule has 1 amide bonds. The van der Waals surface area contributed by atoms with Gasteiger partial charge in [0.15, 0.2) is 0 Å². The molecule has 42 heavy (non-hydrogen) atoms. The van der Waals surface area contributed by atoms with Crippen molar-refractivity contribution < 1.29 is 27.9 Å². The van der Waals surface area contributed by atoms with Crippen LogP contribution in [0.4, 0.5) is 5.69 Å². The van der Waals surface area contributed by atoms with Gasteiger partial charge in [-0.15, -0.1) is 0 Å². The maximum Gasteiger partial charge on any atom is 0.335 e. The summed E-state index contributed by atoms with van der Waals surface area (Å²) in [5.41, 5.74) is 3.23. The highest BCUT2D eigenvalue weighted by Crippen LogP contribution is 2.46. The van der Waals surface area contributed by atoms with E-state index in [2.05, 4.69) is 22.3 Å². The lowest BCUT2D eigenvalue weighted by Crippen LogP contribution is -2.49. The average Bonchev–Trinajstić information content (AvgIpc) is 3.07. The summed E-state index contributed by atoms with van der Waals surface area (Å²) in [6.45, 7) is 5.66. The molecule has 0 saturated heterocycles. The van der Waals surface area contributed by atoms with Crippen LogP contribution in [-0.4, -0.2) is 56.9 Å². The van der Waals surface area contributed by atoms with E-state index in [0.29, 0.717) is 37.9 Å². The van der Waals surface area contributed by atoms with Crippen molar-refractivity contribution in [2.24, 2.45) is 22.9 Å². The van der Waals surface area contributed by atoms with Gasteiger partial charge in [-0.2, -0.15) is 0 Å². The lowest BCUT2D eigenvalue weighted by molar-refractivity contribution is -0.122. The molecule has 0 aromatic heterocycles. The van der Waals surface area contributed by atoms with E-state index >= 15 is 0 Å². The van der Waals surface area contributed by atoms with Gasteiger partial charge in [-0.1, -0.05) is 24.6 Å². The minimum Gasteiger partial charge on any atom is -0.490 e. The molecular formula is C31H40ClN3O6S. The molecule has 2 aromatic carbocycles. The van der Waals surface area contributed by atoms with Crippen molar-refractivity contribution in [3.05, 3.63) is 58.1 Å². The van der Waals surface area contributed by atoms with Gasteiger partial charge < -0.3 is 20.1 Å². The molecule has 1 fully saturated rings. The largest absolute Gasteiger partial charge is 0.490 e. The van der Waals surface area contributed by atoms with Crippen molar-refractivity contribution in [1.29, 1.82) is 0 Å². The number of aryl methyl sites for hydroxylation is 1. The zero-order valence-corrected chi connectivity index (χ0v) is 25.7. The number of carbonyl (C=O) groups excluding carboxylic acids is 1. The number of aromatic carboxylic acids is 1. The number of halogens is 1. The van der Waals surface area contributed by atoms with E-state index in [0.717, 1.165) is 42.8 Å². The van der Waals surface area contributed by atoms with Crippen LogP contribution in [0.15, 0.2) is 36.4 Å². The number of nitrogens with zero attached hydrogens (tertiary/aromatic N) is 1. The molecule has 1 spiro atoms. The molecule has 2 aliphatic carbocycles. The van der Waals surface area contributed by atoms with Gasteiger partial charge >= 0.3 is 5.97 Å². The molecule has 1 saturated carbocycles. The van der Waals surface area contributed by atoms with E-state index in [1.54, 1.807) is 25.1 Å². The second-order valence-corrected chi connectivity index (χ2v) is 14.8. The summed E-state index contributed by atoms with van der Waals surface area (Å²) in [7, 11) is -3.71. The number of rotatable bonds is 9. The van der Waals surface area contributed by atoms with Crippen molar-refractivity contribution in [2.75, 3.05) is 31.1 Å². The Morgan fingerprint density at radius 1 is 1.19 bits per heavy atom. The number of primary sulfonamides is 1. The number of nitrogens with one attached hydrogen (secondary N) is 1. The number of amides is 1. The molecule has 2 aromatic rings. The third-order valence-corrected chi connectivity index (χ3v) is 11.4. The number of sulfonamides is 1. The summed E-state index contributed by atoms with van der Waals surface area (Å²) in [5, 5.41) is 17.9. The van der Waals surface area contributed by atoms with E-state index in [9.17, 15) is 23.1 Å². The van der Waals surface area contributed by atoms with Gasteiger partial charge in [-0.3, -0.25) is 4.79 Å². The second kappa shape index (κ2) is 12.1. The highest BCUT2D eigenvalue weighted by Gasteiger charge is 2.43. The standard InChI is InChI=1S/C31H40ClN3O6S/c1-19(20(2)42(33,39)40)12-29(36)34-15-23-5-6-24(23)16-35-17-31(11-3-4-21-13-25(32)8-9-26(21)31)18-41-28-10-7-22(30(37)38)14-27(28)35/h7-10,13-14,19-20,23-24H,3-6,11-12,15-18H2,1-2H3,(H,34,36)(H,37,38)(H2,33,39,40)/t19?,20?,23-,24-,31-/m0/s1. The molecule has 4 N–H and O–H groups in total. The van der Waals surface area contributed by atoms with E-state index < -0.39 is 27.2 Å². The highest BCUT2D eigenvalue weighted by atomic mass is 35.5. The number of carboxylic acids is 1. The van der Waals surface area contributed by atoms with Gasteiger partial charge in [0.05, 0.1) is 23.1 Å². The smallest absolute Gasteiger partial charge is 0.335 e. The van der Waals surface area contributed by atoms with Crippen molar-refractivity contribution in [2.45, 2.75) is 63.0 Å². The second-order valence-electron chi connectivity index (χ2n) is 12.5. The van der Waals surface area contributed by atoms with E-state index in [1.165, 1.54) is 18.1 Å². The van der Waals surface area contributed by atoms with E-state index in [1.807, 2.05) is 6.07 Å². The molecule has 0 radical (unpaired) electrons. The highest BCUT2D eigenvalue weighted by molar-refractivity contribution is 7.89. The fourth-order valence-corrected chi connectivity index (χ4v) is 7.72. The lowest BCUT2D eigenvalue weighted by Gasteiger charge is -2.44. The first-order valence-corrected chi connectivity index (χ1v) is 16.7. The van der Waals surface area contributed by atoms with Crippen LogP contribution in [0.3, 0.4) is 0 Å². The Kier molecular flexibility index (Phi) is 8.79. The fourth-order valence-electron chi connectivity index (χ4n) is 6.78. The van der Waals surface area contributed by atoms with Gasteiger partial charge in [0.25, 0.3) is 0 Å². The summed E-state index contributed by atoms with van der Waals surface area (Å²) in [5.74, 6) is -0.303. The van der Waals surface area contributed by atoms with E-state index in [4.69, 9.17) is 21.5 Å². The number of benzene rings is 2. The van der Waals surface area contributed by atoms with E-state index in [-0.39, 0.29) is 29.2 Å². The molecule has 5 rings (SSSR count). The number of fused-ring (bicyclic) bond motifs is 3. The predicted octanol–water partition coefficient (Wildman–Crippen LogP) is 4.36. The quantitative estimate of drug-likeness (QED) is 0.380. The Balaban J connectivity index is 1.34. The first kappa shape index (κ1) is 30.6. The first-order valence-electron chi connectivity index (χ1n) is 14.7. The van der Waals surface area contributed by atoms with Gasteiger partial charge in [-0.25, -0.2) is 18.4 Å². The van der Waals surface area contributed by atoms with Gasteiger partial charge in [0, 0.05) is 36.5 Å². The van der Waals surface area contributed by atoms with Crippen molar-refractivity contribution in [3.8, 4) is 5.75 Å². The molecule has 3 aliphatic rings. The maximum absolute atomic E-state index is 12.6. The number of anilines is 1. The predicted molar refractivity (Wildman–Crippen MR) is 163 cm³/mol. The van der Waals surface area contributed by atoms with Crippen LogP contribution >= 0.6 is 11.6 Å². The number of nitrogens with two attached hydrogens (primary N) is 1. The minimum atomic E-state index is -3.71. The maximum atomic E-state index is 12.6. The monoisotopic (exact) mass is 617 g/mol. The molecule has 11 heteroatoms. The summed E-state index contributed by atoms with van der Waals surface area (Å²) < 4.78 is 29.8. The van der Waals surface area contributed by atoms with Gasteiger partial charge in [-0.05, 0) is 98.2 Å². The van der Waals surface area contributed by atoms with Crippen LogP contribution in [0.1, 0.15) is 67.4 Å². The average molecular weight is 618 g/mol. The van der Waals surface area contributed by atoms with Crippen LogP contribution in [-0.2, 0) is 26.7 Å². The Bertz CT molecular complexity index is 1470. The van der Waals surface area contributed by atoms with Crippen LogP contribution in [0.2, 0.25) is 5.02 Å². The Morgan fingerprint density at radius 2 is 1.95 bits per heavy atom. The Labute approximate surface area is 252 Å². The molecular weight excluding hydrogens is 578 g/mol. The Morgan fingerprint density at radius 3 is 2.64 bits per heavy atom. The molecule has 1 aliphatic heterocycles. The summed E-state index contributed by atoms with van der Waals surface area (Å²) in [6.07, 6.45) is 5.01. The molecule has 0 bridgehead atoms. The van der Waals surface area contributed by atoms with Crippen molar-refractivity contribution in [3.63, 3.8) is 0 Å². The summed E-state index contributed by atoms with van der Waals surface area (Å²) in [4.78, 5) is 26.8. The molecule has 228 valence electrons. The number of carboxylic acid groups (broad SMARTS) is 1. The zero-order chi connectivity index (χ0) is 30.2. The fraction of sp³-hybridized carbons (Fsp3) is 0.548. The molecule has 5 atom stereocenters. The third kappa shape index (κ3) is 6.40. The lowest BCUT2D eigenvalue weighted by atomic mass is 9.69. The molecule has 1 heterocycles. The van der Waals surface area contributed by atoms with Crippen LogP contribution in [0.25, 0.3) is 0 Å². The van der Waals surface area contributed by atoms with Crippen LogP contribution in [0.5, 0.6) is 5.75 Å². The first-order chi connectivity index (χ1) is 19.9. The van der Waals surface area contributed by atoms with Crippen molar-refractivity contribution in [1.82, 2.24) is 5.32 Å². The molecule has 9 nitrogen and oxygen atoms in total. The van der Waals surface area contributed by atoms with Crippen LogP contribution < -0.4 is 20.1 Å². The Hall–Kier alpha value is -2.82. The zero-order valence-electron chi connectivity index (χ0n) is 24.1.